The molecule has 0 fully saturated rings. The van der Waals surface area contributed by atoms with Crippen molar-refractivity contribution in [3.63, 3.8) is 0 Å². The van der Waals surface area contributed by atoms with Gasteiger partial charge in [0.15, 0.2) is 0 Å². The Morgan fingerprint density at radius 2 is 1.92 bits per heavy atom. The van der Waals surface area contributed by atoms with Crippen molar-refractivity contribution in [3.05, 3.63) is 69.1 Å². The standard InChI is InChI=1S/C19H22N2O3/c22-11-10-21(13-14-6-2-1-3-7-14)19(24)16-12-15-8-4-5-9-17(15)20-18(16)23/h1-3,6-7,12,22H,4-5,8-11,13H2,(H,20,23). The molecule has 0 saturated heterocycles. The average Bonchev–Trinajstić information content (AvgIpc) is 2.61. The van der Waals surface area contributed by atoms with Gasteiger partial charge in [-0.05, 0) is 42.9 Å². The summed E-state index contributed by atoms with van der Waals surface area (Å²) in [6, 6.07) is 11.3. The lowest BCUT2D eigenvalue weighted by Gasteiger charge is -2.23. The normalized spacial score (nSPS) is 13.4. The second-order valence-corrected chi connectivity index (χ2v) is 6.16. The smallest absolute Gasteiger partial charge is 0.261 e. The minimum atomic E-state index is -0.336. The third kappa shape index (κ3) is 3.57. The lowest BCUT2D eigenvalue weighted by Crippen LogP contribution is -2.37. The summed E-state index contributed by atoms with van der Waals surface area (Å²) >= 11 is 0. The molecule has 1 aromatic heterocycles. The van der Waals surface area contributed by atoms with Crippen LogP contribution in [0.3, 0.4) is 0 Å². The maximum atomic E-state index is 12.8. The van der Waals surface area contributed by atoms with Gasteiger partial charge < -0.3 is 15.0 Å². The maximum absolute atomic E-state index is 12.8. The lowest BCUT2D eigenvalue weighted by molar-refractivity contribution is 0.0706. The molecule has 126 valence electrons. The summed E-state index contributed by atoms with van der Waals surface area (Å²) in [4.78, 5) is 29.6. The van der Waals surface area contributed by atoms with E-state index in [1.807, 2.05) is 30.3 Å². The van der Waals surface area contributed by atoms with Crippen LogP contribution >= 0.6 is 0 Å². The van der Waals surface area contributed by atoms with E-state index in [9.17, 15) is 14.7 Å². The van der Waals surface area contributed by atoms with Gasteiger partial charge in [-0.25, -0.2) is 0 Å². The molecule has 5 heteroatoms. The van der Waals surface area contributed by atoms with Crippen molar-refractivity contribution in [2.75, 3.05) is 13.2 Å². The number of H-pyrrole nitrogens is 1. The fourth-order valence-electron chi connectivity index (χ4n) is 3.18. The van der Waals surface area contributed by atoms with Gasteiger partial charge in [-0.1, -0.05) is 30.3 Å². The molecule has 0 bridgehead atoms. The average molecular weight is 326 g/mol. The van der Waals surface area contributed by atoms with Crippen LogP contribution in [-0.4, -0.2) is 34.0 Å². The van der Waals surface area contributed by atoms with Crippen LogP contribution in [0, 0.1) is 0 Å². The van der Waals surface area contributed by atoms with Gasteiger partial charge in [0.05, 0.1) is 6.61 Å². The highest BCUT2D eigenvalue weighted by Crippen LogP contribution is 2.19. The molecule has 1 amide bonds. The van der Waals surface area contributed by atoms with E-state index in [1.165, 1.54) is 4.90 Å². The Morgan fingerprint density at radius 3 is 2.67 bits per heavy atom. The van der Waals surface area contributed by atoms with Crippen LogP contribution < -0.4 is 5.56 Å². The van der Waals surface area contributed by atoms with Crippen LogP contribution in [0.1, 0.15) is 40.0 Å². The molecule has 1 heterocycles. The predicted molar refractivity (Wildman–Crippen MR) is 92.0 cm³/mol. The number of carbonyl (C=O) groups is 1. The lowest BCUT2D eigenvalue weighted by atomic mass is 9.95. The van der Waals surface area contributed by atoms with Crippen molar-refractivity contribution < 1.29 is 9.90 Å². The highest BCUT2D eigenvalue weighted by Gasteiger charge is 2.21. The van der Waals surface area contributed by atoms with Crippen molar-refractivity contribution >= 4 is 5.91 Å². The first-order valence-corrected chi connectivity index (χ1v) is 8.38. The number of fused-ring (bicyclic) bond motifs is 1. The number of nitrogens with one attached hydrogen (secondary N) is 1. The Morgan fingerprint density at radius 1 is 1.17 bits per heavy atom. The Kier molecular flexibility index (Phi) is 5.11. The first-order valence-electron chi connectivity index (χ1n) is 8.38. The number of aliphatic hydroxyl groups excluding tert-OH is 1. The number of amides is 1. The number of rotatable bonds is 5. The Hall–Kier alpha value is -2.40. The number of aromatic amines is 1. The molecule has 3 rings (SSSR count). The quantitative estimate of drug-likeness (QED) is 0.881. The fraction of sp³-hybridized carbons (Fsp3) is 0.368. The minimum absolute atomic E-state index is 0.137. The third-order valence-corrected chi connectivity index (χ3v) is 4.44. The van der Waals surface area contributed by atoms with Crippen molar-refractivity contribution in [3.8, 4) is 0 Å². The van der Waals surface area contributed by atoms with Gasteiger partial charge in [0.2, 0.25) is 0 Å². The first-order chi connectivity index (χ1) is 11.7. The summed E-state index contributed by atoms with van der Waals surface area (Å²) in [5.41, 5.74) is 2.82. The molecule has 0 saturated carbocycles. The molecule has 0 atom stereocenters. The summed E-state index contributed by atoms with van der Waals surface area (Å²) in [5, 5.41) is 9.29. The van der Waals surface area contributed by atoms with Crippen LogP contribution in [0.25, 0.3) is 0 Å². The van der Waals surface area contributed by atoms with E-state index >= 15 is 0 Å². The van der Waals surface area contributed by atoms with Crippen LogP contribution in [0.4, 0.5) is 0 Å². The molecule has 0 aliphatic heterocycles. The van der Waals surface area contributed by atoms with E-state index in [4.69, 9.17) is 0 Å². The number of aryl methyl sites for hydroxylation is 2. The summed E-state index contributed by atoms with van der Waals surface area (Å²) < 4.78 is 0. The van der Waals surface area contributed by atoms with E-state index in [0.717, 1.165) is 42.5 Å². The van der Waals surface area contributed by atoms with Gasteiger partial charge in [-0.15, -0.1) is 0 Å². The summed E-state index contributed by atoms with van der Waals surface area (Å²) in [5.74, 6) is -0.331. The second-order valence-electron chi connectivity index (χ2n) is 6.16. The molecular formula is C19H22N2O3. The molecule has 1 aliphatic carbocycles. The molecule has 24 heavy (non-hydrogen) atoms. The third-order valence-electron chi connectivity index (χ3n) is 4.44. The second kappa shape index (κ2) is 7.45. The van der Waals surface area contributed by atoms with Crippen molar-refractivity contribution in [2.45, 2.75) is 32.2 Å². The summed E-state index contributed by atoms with van der Waals surface area (Å²) in [6.45, 7) is 0.433. The van der Waals surface area contributed by atoms with Crippen molar-refractivity contribution in [1.82, 2.24) is 9.88 Å². The summed E-state index contributed by atoms with van der Waals surface area (Å²) in [6.07, 6.45) is 3.91. The molecule has 1 aliphatic rings. The highest BCUT2D eigenvalue weighted by molar-refractivity contribution is 5.94. The van der Waals surface area contributed by atoms with Gasteiger partial charge in [0.25, 0.3) is 11.5 Å². The number of carbonyl (C=O) groups excluding carboxylic acids is 1. The number of aromatic nitrogens is 1. The zero-order valence-corrected chi connectivity index (χ0v) is 13.6. The Labute approximate surface area is 140 Å². The Balaban J connectivity index is 1.88. The SMILES string of the molecule is O=C(c1cc2c([nH]c1=O)CCCC2)N(CCO)Cc1ccccc1. The topological polar surface area (TPSA) is 73.4 Å². The number of pyridine rings is 1. The number of nitrogens with zero attached hydrogens (tertiary/aromatic N) is 1. The Bertz CT molecular complexity index is 768. The van der Waals surface area contributed by atoms with Crippen LogP contribution in [0.15, 0.2) is 41.2 Å². The molecule has 1 aromatic carbocycles. The maximum Gasteiger partial charge on any atom is 0.261 e. The first kappa shape index (κ1) is 16.5. The molecule has 0 unspecified atom stereocenters. The number of benzene rings is 1. The zero-order chi connectivity index (χ0) is 16.9. The number of hydrogen-bond donors (Lipinski definition) is 2. The predicted octanol–water partition coefficient (Wildman–Crippen LogP) is 1.89. The summed E-state index contributed by atoms with van der Waals surface area (Å²) in [7, 11) is 0. The van der Waals surface area contributed by atoms with E-state index in [1.54, 1.807) is 6.07 Å². The van der Waals surface area contributed by atoms with Gasteiger partial charge in [0, 0.05) is 18.8 Å². The number of hydrogen-bond acceptors (Lipinski definition) is 3. The van der Waals surface area contributed by atoms with E-state index in [2.05, 4.69) is 4.98 Å². The van der Waals surface area contributed by atoms with Crippen LogP contribution in [0.5, 0.6) is 0 Å². The molecule has 0 radical (unpaired) electrons. The van der Waals surface area contributed by atoms with Crippen LogP contribution in [0.2, 0.25) is 0 Å². The van der Waals surface area contributed by atoms with Gasteiger partial charge >= 0.3 is 0 Å². The molecular weight excluding hydrogens is 304 g/mol. The van der Waals surface area contributed by atoms with Crippen molar-refractivity contribution in [1.29, 1.82) is 0 Å². The molecule has 5 nitrogen and oxygen atoms in total. The van der Waals surface area contributed by atoms with Gasteiger partial charge in [-0.2, -0.15) is 0 Å². The van der Waals surface area contributed by atoms with E-state index in [-0.39, 0.29) is 30.2 Å². The molecule has 2 aromatic rings. The van der Waals surface area contributed by atoms with E-state index < -0.39 is 0 Å². The fourth-order valence-corrected chi connectivity index (χ4v) is 3.18. The largest absolute Gasteiger partial charge is 0.395 e. The molecule has 0 spiro atoms. The number of aliphatic hydroxyl groups is 1. The monoisotopic (exact) mass is 326 g/mol. The highest BCUT2D eigenvalue weighted by atomic mass is 16.3. The minimum Gasteiger partial charge on any atom is -0.395 e. The van der Waals surface area contributed by atoms with E-state index in [0.29, 0.717) is 6.54 Å². The van der Waals surface area contributed by atoms with Crippen LogP contribution in [-0.2, 0) is 19.4 Å². The van der Waals surface area contributed by atoms with Crippen molar-refractivity contribution in [2.24, 2.45) is 0 Å². The zero-order valence-electron chi connectivity index (χ0n) is 13.6. The van der Waals surface area contributed by atoms with Gasteiger partial charge in [0.1, 0.15) is 5.56 Å². The molecule has 2 N–H and O–H groups in total. The van der Waals surface area contributed by atoms with Gasteiger partial charge in [-0.3, -0.25) is 9.59 Å².